The Balaban J connectivity index is -0.0000000625. The molecule has 0 saturated carbocycles. The first-order chi connectivity index (χ1) is 5.29. The Bertz CT molecular complexity index is 177. The molecule has 0 atom stereocenters. The fourth-order valence-electron chi connectivity index (χ4n) is 0. The van der Waals surface area contributed by atoms with Gasteiger partial charge in [-0.2, -0.15) is 0 Å². The second-order valence-corrected chi connectivity index (χ2v) is 1.15. The standard InChI is InChI=1S/2C2H2O4.Ce.Y/c2*3-1(4)2(5)6;;/h2*(H,3,4)(H,5,6);;/q;;2*+3/p-4. The summed E-state index contributed by atoms with van der Waals surface area (Å²) in [7, 11) is 0. The SMILES string of the molecule is O=C([O-])C(=O)[O-].O=C([O-])C(=O)[O-].[Ce+3].[Y+3]. The summed E-state index contributed by atoms with van der Waals surface area (Å²) in [5.74, 6) is -8.74. The van der Waals surface area contributed by atoms with Gasteiger partial charge in [0.15, 0.2) is 0 Å². The molecule has 0 aliphatic carbocycles. The zero-order valence-corrected chi connectivity index (χ0v) is 12.3. The molecule has 8 nitrogen and oxygen atoms in total. The quantitative estimate of drug-likeness (QED) is 0.359. The van der Waals surface area contributed by atoms with Crippen LogP contribution in [0.5, 0.6) is 0 Å². The molecule has 0 aromatic carbocycles. The van der Waals surface area contributed by atoms with Gasteiger partial charge in [-0.15, -0.1) is 0 Å². The maximum absolute atomic E-state index is 8.93. The molecule has 0 aliphatic rings. The van der Waals surface area contributed by atoms with Gasteiger partial charge in [-0.1, -0.05) is 0 Å². The van der Waals surface area contributed by atoms with Gasteiger partial charge < -0.3 is 39.6 Å². The molecule has 0 unspecified atom stereocenters. The van der Waals surface area contributed by atoms with Gasteiger partial charge in [0, 0.05) is 0 Å². The third-order valence-corrected chi connectivity index (χ3v) is 0.333. The maximum Gasteiger partial charge on any atom is 3.00 e. The number of carbonyl (C=O) groups is 4. The molecule has 0 heterocycles. The monoisotopic (exact) mass is 405 g/mol. The van der Waals surface area contributed by atoms with E-state index in [1.54, 1.807) is 0 Å². The largest absolute Gasteiger partial charge is 3.00 e. The van der Waals surface area contributed by atoms with E-state index < -0.39 is 23.9 Å². The molecular weight excluding hydrogens is 405 g/mol. The Morgan fingerprint density at radius 2 is 0.643 bits per heavy atom. The van der Waals surface area contributed by atoms with Crippen LogP contribution in [0.1, 0.15) is 0 Å². The summed E-state index contributed by atoms with van der Waals surface area (Å²) in [5.41, 5.74) is 0. The molecule has 0 rings (SSSR count). The predicted octanol–water partition coefficient (Wildman–Crippen LogP) is -7.03. The molecule has 0 saturated heterocycles. The van der Waals surface area contributed by atoms with E-state index in [2.05, 4.69) is 0 Å². The summed E-state index contributed by atoms with van der Waals surface area (Å²) >= 11 is 0. The van der Waals surface area contributed by atoms with Gasteiger partial charge >= 0.3 is 74.5 Å². The average Bonchev–Trinajstić information content (AvgIpc) is 1.88. The zero-order chi connectivity index (χ0) is 10.3. The van der Waals surface area contributed by atoms with Crippen LogP contribution in [-0.4, -0.2) is 23.9 Å². The fourth-order valence-corrected chi connectivity index (χ4v) is 0. The average molecular weight is 405 g/mol. The first-order valence-electron chi connectivity index (χ1n) is 2.13. The molecular formula is C4CeO8Y+2. The minimum atomic E-state index is -2.19. The Hall–Kier alpha value is 0.361. The van der Waals surface area contributed by atoms with Gasteiger partial charge in [0.25, 0.3) is 0 Å². The maximum atomic E-state index is 8.93. The van der Waals surface area contributed by atoms with Crippen LogP contribution in [0.25, 0.3) is 0 Å². The Morgan fingerprint density at radius 1 is 0.571 bits per heavy atom. The summed E-state index contributed by atoms with van der Waals surface area (Å²) < 4.78 is 0. The summed E-state index contributed by atoms with van der Waals surface area (Å²) in [4.78, 5) is 35.7. The molecule has 0 fully saturated rings. The fraction of sp³-hybridized carbons (Fsp3) is 0. The number of hydrogen-bond donors (Lipinski definition) is 0. The number of aliphatic carboxylic acids is 4. The van der Waals surface area contributed by atoms with Gasteiger partial charge in [-0.3, -0.25) is 0 Å². The van der Waals surface area contributed by atoms with E-state index in [0.29, 0.717) is 0 Å². The number of carbonyl (C=O) groups excluding carboxylic acids is 4. The number of rotatable bonds is 0. The molecule has 69 valence electrons. The van der Waals surface area contributed by atoms with Crippen LogP contribution in [0.4, 0.5) is 0 Å². The number of hydrogen-bond acceptors (Lipinski definition) is 8. The molecule has 10 heteroatoms. The number of carboxylic acid groups (broad SMARTS) is 4. The van der Waals surface area contributed by atoms with Crippen LogP contribution in [0.15, 0.2) is 0 Å². The van der Waals surface area contributed by atoms with Crippen molar-refractivity contribution in [3.63, 3.8) is 0 Å². The van der Waals surface area contributed by atoms with Gasteiger partial charge in [0.1, 0.15) is 0 Å². The van der Waals surface area contributed by atoms with Gasteiger partial charge in [-0.05, 0) is 0 Å². The van der Waals surface area contributed by atoms with Crippen LogP contribution in [0, 0.1) is 41.7 Å². The minimum Gasteiger partial charge on any atom is -0.543 e. The van der Waals surface area contributed by atoms with Crippen molar-refractivity contribution in [2.75, 3.05) is 0 Å². The minimum absolute atomic E-state index is 0. The van der Waals surface area contributed by atoms with Crippen molar-refractivity contribution in [2.45, 2.75) is 0 Å². The summed E-state index contributed by atoms with van der Waals surface area (Å²) in [5, 5.41) is 35.7. The first-order valence-corrected chi connectivity index (χ1v) is 2.13. The van der Waals surface area contributed by atoms with E-state index in [-0.39, 0.29) is 74.5 Å². The van der Waals surface area contributed by atoms with Crippen molar-refractivity contribution in [2.24, 2.45) is 0 Å². The molecule has 14 heavy (non-hydrogen) atoms. The third-order valence-electron chi connectivity index (χ3n) is 0.333. The van der Waals surface area contributed by atoms with Crippen molar-refractivity contribution in [3.8, 4) is 0 Å². The van der Waals surface area contributed by atoms with E-state index >= 15 is 0 Å². The van der Waals surface area contributed by atoms with Crippen molar-refractivity contribution in [1.82, 2.24) is 0 Å². The topological polar surface area (TPSA) is 161 Å². The van der Waals surface area contributed by atoms with Crippen LogP contribution < -0.4 is 20.4 Å². The Morgan fingerprint density at radius 3 is 0.643 bits per heavy atom. The molecule has 0 aromatic heterocycles. The molecule has 0 aliphatic heterocycles. The second kappa shape index (κ2) is 13.4. The van der Waals surface area contributed by atoms with E-state index in [9.17, 15) is 0 Å². The summed E-state index contributed by atoms with van der Waals surface area (Å²) in [6.45, 7) is 0. The van der Waals surface area contributed by atoms with E-state index in [4.69, 9.17) is 39.6 Å². The molecule has 0 N–H and O–H groups in total. The van der Waals surface area contributed by atoms with Crippen molar-refractivity contribution in [3.05, 3.63) is 0 Å². The zero-order valence-electron chi connectivity index (χ0n) is 6.34. The molecule has 0 bridgehead atoms. The Kier molecular flexibility index (Phi) is 22.8. The Labute approximate surface area is 136 Å². The molecule has 0 aromatic rings. The summed E-state index contributed by atoms with van der Waals surface area (Å²) in [6, 6.07) is 0. The summed E-state index contributed by atoms with van der Waals surface area (Å²) in [6.07, 6.45) is 0. The smallest absolute Gasteiger partial charge is 0.543 e. The first kappa shape index (κ1) is 23.9. The molecule has 0 amide bonds. The predicted molar refractivity (Wildman–Crippen MR) is 20.0 cm³/mol. The molecule has 0 spiro atoms. The molecule has 1 radical (unpaired) electrons. The van der Waals surface area contributed by atoms with Gasteiger partial charge in [0.2, 0.25) is 0 Å². The van der Waals surface area contributed by atoms with Gasteiger partial charge in [-0.25, -0.2) is 0 Å². The van der Waals surface area contributed by atoms with E-state index in [1.807, 2.05) is 0 Å². The van der Waals surface area contributed by atoms with Crippen LogP contribution in [0.2, 0.25) is 0 Å². The van der Waals surface area contributed by atoms with Crippen molar-refractivity contribution < 1.29 is 114 Å². The van der Waals surface area contributed by atoms with Crippen molar-refractivity contribution >= 4 is 23.9 Å². The normalized spacial score (nSPS) is 6.29. The van der Waals surface area contributed by atoms with Gasteiger partial charge in [0.05, 0.1) is 23.9 Å². The van der Waals surface area contributed by atoms with Crippen LogP contribution in [0.3, 0.4) is 0 Å². The second-order valence-electron chi connectivity index (χ2n) is 1.15. The van der Waals surface area contributed by atoms with Crippen LogP contribution >= 0.6 is 0 Å². The van der Waals surface area contributed by atoms with E-state index in [0.717, 1.165) is 0 Å². The third kappa shape index (κ3) is 22.8. The number of carboxylic acids is 4. The van der Waals surface area contributed by atoms with Crippen molar-refractivity contribution in [1.29, 1.82) is 0 Å². The van der Waals surface area contributed by atoms with E-state index in [1.165, 1.54) is 0 Å². The van der Waals surface area contributed by atoms with Crippen LogP contribution in [-0.2, 0) is 51.9 Å².